The number of benzene rings is 1. The van der Waals surface area contributed by atoms with Gasteiger partial charge in [0.05, 0.1) is 12.6 Å². The van der Waals surface area contributed by atoms with Gasteiger partial charge in [-0.05, 0) is 42.9 Å². The Morgan fingerprint density at radius 1 is 1.13 bits per heavy atom. The molecule has 0 aliphatic carbocycles. The van der Waals surface area contributed by atoms with Crippen LogP contribution < -0.4 is 15.5 Å². The Morgan fingerprint density at radius 3 is 2.47 bits per heavy atom. The highest BCUT2D eigenvalue weighted by Gasteiger charge is 2.35. The minimum atomic E-state index is 0. The summed E-state index contributed by atoms with van der Waals surface area (Å²) in [6.07, 6.45) is 7.08. The maximum absolute atomic E-state index is 6.12. The van der Waals surface area contributed by atoms with Crippen LogP contribution in [0.5, 0.6) is 0 Å². The standard InChI is InChI=1S/C24H38N4O.HI/c1-5-25-23(27-18-20-9-8-16-29-22(20)24(2,3)4)26-17-19-10-12-21(13-11-19)28-14-6-7-15-28;/h6-7,10-13,20,22H,5,8-9,14-18H2,1-4H3,(H2,25,26,27);1H. The molecule has 0 amide bonds. The van der Waals surface area contributed by atoms with Crippen LogP contribution >= 0.6 is 24.0 Å². The van der Waals surface area contributed by atoms with Crippen molar-refractivity contribution in [3.63, 3.8) is 0 Å². The average molecular weight is 527 g/mol. The maximum atomic E-state index is 6.12. The topological polar surface area (TPSA) is 48.9 Å². The molecule has 2 atom stereocenters. The molecule has 1 saturated heterocycles. The predicted molar refractivity (Wildman–Crippen MR) is 138 cm³/mol. The monoisotopic (exact) mass is 526 g/mol. The molecule has 1 aromatic rings. The van der Waals surface area contributed by atoms with Crippen LogP contribution in [-0.2, 0) is 11.3 Å². The Labute approximate surface area is 199 Å². The van der Waals surface area contributed by atoms with Crippen LogP contribution in [0.1, 0.15) is 46.1 Å². The van der Waals surface area contributed by atoms with Crippen molar-refractivity contribution in [2.45, 2.75) is 53.2 Å². The summed E-state index contributed by atoms with van der Waals surface area (Å²) in [5.41, 5.74) is 2.67. The van der Waals surface area contributed by atoms with Gasteiger partial charge >= 0.3 is 0 Å². The number of nitrogens with zero attached hydrogens (tertiary/aromatic N) is 2. The third-order valence-corrected chi connectivity index (χ3v) is 5.71. The normalized spacial score (nSPS) is 22.0. The average Bonchev–Trinajstić information content (AvgIpc) is 3.25. The summed E-state index contributed by atoms with van der Waals surface area (Å²) < 4.78 is 6.12. The van der Waals surface area contributed by atoms with Crippen molar-refractivity contribution in [1.82, 2.24) is 10.6 Å². The van der Waals surface area contributed by atoms with Crippen molar-refractivity contribution in [1.29, 1.82) is 0 Å². The molecule has 0 aromatic heterocycles. The van der Waals surface area contributed by atoms with E-state index < -0.39 is 0 Å². The molecule has 2 heterocycles. The first-order valence-corrected chi connectivity index (χ1v) is 11.1. The van der Waals surface area contributed by atoms with Crippen LogP contribution in [0.2, 0.25) is 0 Å². The van der Waals surface area contributed by atoms with E-state index in [4.69, 9.17) is 9.73 Å². The summed E-state index contributed by atoms with van der Waals surface area (Å²) in [7, 11) is 0. The zero-order valence-corrected chi connectivity index (χ0v) is 21.3. The van der Waals surface area contributed by atoms with E-state index in [1.165, 1.54) is 17.7 Å². The van der Waals surface area contributed by atoms with Crippen molar-refractivity contribution in [2.75, 3.05) is 37.7 Å². The van der Waals surface area contributed by atoms with Crippen LogP contribution in [0, 0.1) is 11.3 Å². The van der Waals surface area contributed by atoms with Crippen LogP contribution in [0.15, 0.2) is 41.4 Å². The second-order valence-corrected chi connectivity index (χ2v) is 9.18. The van der Waals surface area contributed by atoms with Gasteiger partial charge in [-0.1, -0.05) is 45.1 Å². The van der Waals surface area contributed by atoms with Gasteiger partial charge in [-0.25, -0.2) is 4.99 Å². The Morgan fingerprint density at radius 2 is 1.83 bits per heavy atom. The van der Waals surface area contributed by atoms with Gasteiger partial charge in [0.15, 0.2) is 5.96 Å². The van der Waals surface area contributed by atoms with Crippen molar-refractivity contribution < 1.29 is 4.74 Å². The Bertz CT molecular complexity index is 688. The van der Waals surface area contributed by atoms with Crippen molar-refractivity contribution >= 4 is 35.6 Å². The van der Waals surface area contributed by atoms with Gasteiger partial charge in [-0.15, -0.1) is 24.0 Å². The van der Waals surface area contributed by atoms with Gasteiger partial charge in [-0.2, -0.15) is 0 Å². The fourth-order valence-corrected chi connectivity index (χ4v) is 4.25. The molecule has 2 N–H and O–H groups in total. The van der Waals surface area contributed by atoms with Crippen LogP contribution in [-0.4, -0.2) is 44.8 Å². The van der Waals surface area contributed by atoms with Crippen LogP contribution in [0.4, 0.5) is 5.69 Å². The molecule has 30 heavy (non-hydrogen) atoms. The lowest BCUT2D eigenvalue weighted by Gasteiger charge is -2.40. The van der Waals surface area contributed by atoms with E-state index in [9.17, 15) is 0 Å². The Balaban J connectivity index is 0.00000320. The Kier molecular flexibility index (Phi) is 9.94. The van der Waals surface area contributed by atoms with Gasteiger partial charge < -0.3 is 20.3 Å². The first-order chi connectivity index (χ1) is 14.0. The SMILES string of the molecule is CCNC(=NCc1ccc(N2CC=CC2)cc1)NCC1CCCOC1C(C)(C)C.I. The minimum absolute atomic E-state index is 0. The summed E-state index contributed by atoms with van der Waals surface area (Å²) in [6.45, 7) is 14.3. The van der Waals surface area contributed by atoms with E-state index >= 15 is 0 Å². The number of hydrogen-bond donors (Lipinski definition) is 2. The summed E-state index contributed by atoms with van der Waals surface area (Å²) >= 11 is 0. The van der Waals surface area contributed by atoms with Gasteiger partial charge in [0.2, 0.25) is 0 Å². The third-order valence-electron chi connectivity index (χ3n) is 5.71. The number of aliphatic imine (C=N–C) groups is 1. The van der Waals surface area contributed by atoms with Gasteiger partial charge in [0, 0.05) is 44.4 Å². The lowest BCUT2D eigenvalue weighted by atomic mass is 9.78. The molecule has 0 bridgehead atoms. The molecule has 1 aromatic carbocycles. The zero-order chi connectivity index (χ0) is 20.7. The number of guanidine groups is 1. The molecule has 168 valence electrons. The lowest BCUT2D eigenvalue weighted by molar-refractivity contribution is -0.0835. The molecule has 3 rings (SSSR count). The smallest absolute Gasteiger partial charge is 0.191 e. The van der Waals surface area contributed by atoms with Crippen molar-refractivity contribution in [3.05, 3.63) is 42.0 Å². The number of halogens is 1. The highest BCUT2D eigenvalue weighted by molar-refractivity contribution is 14.0. The number of anilines is 1. The number of hydrogen-bond acceptors (Lipinski definition) is 3. The fourth-order valence-electron chi connectivity index (χ4n) is 4.25. The van der Waals surface area contributed by atoms with Gasteiger partial charge in [0.1, 0.15) is 0 Å². The van der Waals surface area contributed by atoms with E-state index in [-0.39, 0.29) is 29.4 Å². The molecule has 2 unspecified atom stereocenters. The lowest BCUT2D eigenvalue weighted by Crippen LogP contribution is -2.47. The predicted octanol–water partition coefficient (Wildman–Crippen LogP) is 4.58. The number of nitrogens with one attached hydrogen (secondary N) is 2. The molecular formula is C24H39IN4O. The largest absolute Gasteiger partial charge is 0.377 e. The van der Waals surface area contributed by atoms with Crippen molar-refractivity contribution in [3.8, 4) is 0 Å². The quantitative estimate of drug-likeness (QED) is 0.247. The third kappa shape index (κ3) is 7.15. The summed E-state index contributed by atoms with van der Waals surface area (Å²) in [5.74, 6) is 1.40. The highest BCUT2D eigenvalue weighted by atomic mass is 127. The maximum Gasteiger partial charge on any atom is 0.191 e. The molecule has 1 fully saturated rings. The molecule has 0 saturated carbocycles. The van der Waals surface area contributed by atoms with Crippen LogP contribution in [0.3, 0.4) is 0 Å². The van der Waals surface area contributed by atoms with Gasteiger partial charge in [-0.3, -0.25) is 0 Å². The Hall–Kier alpha value is -1.28. The highest BCUT2D eigenvalue weighted by Crippen LogP contribution is 2.33. The summed E-state index contributed by atoms with van der Waals surface area (Å²) in [4.78, 5) is 7.17. The molecule has 2 aliphatic heterocycles. The van der Waals surface area contributed by atoms with E-state index in [0.29, 0.717) is 18.6 Å². The van der Waals surface area contributed by atoms with E-state index in [2.05, 4.69) is 79.6 Å². The molecule has 5 nitrogen and oxygen atoms in total. The first-order valence-electron chi connectivity index (χ1n) is 11.1. The molecule has 0 radical (unpaired) electrons. The molecule has 2 aliphatic rings. The summed E-state index contributed by atoms with van der Waals surface area (Å²) in [6, 6.07) is 8.77. The van der Waals surface area contributed by atoms with Gasteiger partial charge in [0.25, 0.3) is 0 Å². The van der Waals surface area contributed by atoms with E-state index in [0.717, 1.165) is 45.2 Å². The second-order valence-electron chi connectivity index (χ2n) is 9.18. The minimum Gasteiger partial charge on any atom is -0.377 e. The van der Waals surface area contributed by atoms with E-state index in [1.807, 2.05) is 0 Å². The molecule has 6 heteroatoms. The molecule has 0 spiro atoms. The number of rotatable bonds is 6. The fraction of sp³-hybridized carbons (Fsp3) is 0.625. The van der Waals surface area contributed by atoms with Crippen molar-refractivity contribution in [2.24, 2.45) is 16.3 Å². The van der Waals surface area contributed by atoms with Crippen LogP contribution in [0.25, 0.3) is 0 Å². The second kappa shape index (κ2) is 11.9. The number of ether oxygens (including phenoxy) is 1. The van der Waals surface area contributed by atoms with E-state index in [1.54, 1.807) is 0 Å². The first kappa shape index (κ1) is 25.0. The summed E-state index contributed by atoms with van der Waals surface area (Å²) in [5, 5.41) is 6.94. The molecular weight excluding hydrogens is 487 g/mol. The zero-order valence-electron chi connectivity index (χ0n) is 19.0.